The van der Waals surface area contributed by atoms with E-state index in [1.165, 1.54) is 13.2 Å². The normalized spacial score (nSPS) is 10.2. The van der Waals surface area contributed by atoms with E-state index in [-0.39, 0.29) is 30.8 Å². The predicted molar refractivity (Wildman–Crippen MR) is 83.7 cm³/mol. The number of aromatic amines is 1. The maximum absolute atomic E-state index is 12.1. The lowest BCUT2D eigenvalue weighted by Gasteiger charge is -2.03. The SMILES string of the molecule is COC(=O)CCc1cc(C(=O)OCc2ccccc2)[nH]c1C(=O)O. The van der Waals surface area contributed by atoms with Crippen LogP contribution in [0.5, 0.6) is 0 Å². The lowest BCUT2D eigenvalue weighted by molar-refractivity contribution is -0.140. The van der Waals surface area contributed by atoms with Gasteiger partial charge in [0.05, 0.1) is 7.11 Å². The van der Waals surface area contributed by atoms with Gasteiger partial charge in [-0.25, -0.2) is 9.59 Å². The van der Waals surface area contributed by atoms with Gasteiger partial charge in [-0.15, -0.1) is 0 Å². The summed E-state index contributed by atoms with van der Waals surface area (Å²) in [4.78, 5) is 37.0. The molecular weight excluding hydrogens is 314 g/mol. The molecule has 2 aromatic rings. The highest BCUT2D eigenvalue weighted by Crippen LogP contribution is 2.15. The monoisotopic (exact) mass is 331 g/mol. The first kappa shape index (κ1) is 17.3. The maximum Gasteiger partial charge on any atom is 0.355 e. The Morgan fingerprint density at radius 2 is 1.88 bits per heavy atom. The summed E-state index contributed by atoms with van der Waals surface area (Å²) >= 11 is 0. The molecule has 7 heteroatoms. The lowest BCUT2D eigenvalue weighted by atomic mass is 10.1. The number of aryl methyl sites for hydroxylation is 1. The number of aromatic carboxylic acids is 1. The van der Waals surface area contributed by atoms with Gasteiger partial charge in [-0.3, -0.25) is 4.79 Å². The third-order valence-electron chi connectivity index (χ3n) is 3.37. The summed E-state index contributed by atoms with van der Waals surface area (Å²) in [5.74, 6) is -2.33. The van der Waals surface area contributed by atoms with Crippen LogP contribution in [-0.4, -0.2) is 35.1 Å². The van der Waals surface area contributed by atoms with Crippen molar-refractivity contribution in [3.63, 3.8) is 0 Å². The number of aromatic nitrogens is 1. The standard InChI is InChI=1S/C17H17NO6/c1-23-14(19)8-7-12-9-13(18-15(12)16(20)21)17(22)24-10-11-5-3-2-4-6-11/h2-6,9,18H,7-8,10H2,1H3,(H,20,21). The second kappa shape index (κ2) is 7.96. The molecule has 0 spiro atoms. The number of carboxylic acids is 1. The molecule has 24 heavy (non-hydrogen) atoms. The highest BCUT2D eigenvalue weighted by molar-refractivity contribution is 5.93. The second-order valence-electron chi connectivity index (χ2n) is 5.03. The van der Waals surface area contributed by atoms with Crippen LogP contribution in [0.15, 0.2) is 36.4 Å². The van der Waals surface area contributed by atoms with Gasteiger partial charge in [-0.2, -0.15) is 0 Å². The number of methoxy groups -OCH3 is 1. The van der Waals surface area contributed by atoms with Crippen molar-refractivity contribution in [2.75, 3.05) is 7.11 Å². The first-order chi connectivity index (χ1) is 11.5. The molecule has 0 fully saturated rings. The molecule has 0 amide bonds. The van der Waals surface area contributed by atoms with Crippen LogP contribution in [-0.2, 0) is 27.3 Å². The van der Waals surface area contributed by atoms with Crippen LogP contribution in [0.25, 0.3) is 0 Å². The van der Waals surface area contributed by atoms with Gasteiger partial charge >= 0.3 is 17.9 Å². The number of carbonyl (C=O) groups is 3. The number of carboxylic acid groups (broad SMARTS) is 1. The van der Waals surface area contributed by atoms with Crippen molar-refractivity contribution >= 4 is 17.9 Å². The van der Waals surface area contributed by atoms with Gasteiger partial charge in [-0.1, -0.05) is 30.3 Å². The van der Waals surface area contributed by atoms with Crippen LogP contribution in [0.4, 0.5) is 0 Å². The summed E-state index contributed by atoms with van der Waals surface area (Å²) in [5.41, 5.74) is 1.06. The summed E-state index contributed by atoms with van der Waals surface area (Å²) < 4.78 is 9.68. The minimum atomic E-state index is -1.21. The van der Waals surface area contributed by atoms with E-state index in [0.717, 1.165) is 5.56 Å². The molecule has 2 N–H and O–H groups in total. The molecule has 0 atom stereocenters. The minimum absolute atomic E-state index is 0.0210. The molecule has 0 radical (unpaired) electrons. The number of esters is 2. The van der Waals surface area contributed by atoms with Gasteiger partial charge in [0.15, 0.2) is 0 Å². The molecular formula is C17H17NO6. The van der Waals surface area contributed by atoms with Gasteiger partial charge in [-0.05, 0) is 23.6 Å². The third kappa shape index (κ3) is 4.45. The molecule has 126 valence electrons. The van der Waals surface area contributed by atoms with Crippen molar-refractivity contribution in [3.8, 4) is 0 Å². The van der Waals surface area contributed by atoms with Crippen molar-refractivity contribution < 1.29 is 29.0 Å². The predicted octanol–water partition coefficient (Wildman–Crippen LogP) is 2.18. The Kier molecular flexibility index (Phi) is 5.73. The third-order valence-corrected chi connectivity index (χ3v) is 3.37. The van der Waals surface area contributed by atoms with Crippen molar-refractivity contribution in [1.29, 1.82) is 0 Å². The summed E-state index contributed by atoms with van der Waals surface area (Å²) in [6, 6.07) is 10.5. The van der Waals surface area contributed by atoms with E-state index < -0.39 is 17.9 Å². The Hall–Kier alpha value is -3.09. The van der Waals surface area contributed by atoms with Crippen molar-refractivity contribution in [2.45, 2.75) is 19.4 Å². The van der Waals surface area contributed by atoms with Crippen LogP contribution < -0.4 is 0 Å². The molecule has 0 saturated heterocycles. The first-order valence-corrected chi connectivity index (χ1v) is 7.24. The molecule has 0 aliphatic rings. The number of hydrogen-bond acceptors (Lipinski definition) is 5. The smallest absolute Gasteiger partial charge is 0.355 e. The quantitative estimate of drug-likeness (QED) is 0.753. The summed E-state index contributed by atoms with van der Waals surface area (Å²) in [6.45, 7) is 0.0819. The Morgan fingerprint density at radius 3 is 2.50 bits per heavy atom. The molecule has 0 bridgehead atoms. The molecule has 1 aromatic heterocycles. The fraction of sp³-hybridized carbons (Fsp3) is 0.235. The van der Waals surface area contributed by atoms with E-state index in [4.69, 9.17) is 4.74 Å². The Balaban J connectivity index is 2.07. The van der Waals surface area contributed by atoms with Gasteiger partial charge in [0.1, 0.15) is 18.0 Å². The number of ether oxygens (including phenoxy) is 2. The first-order valence-electron chi connectivity index (χ1n) is 7.24. The molecule has 0 saturated carbocycles. The number of H-pyrrole nitrogens is 1. The zero-order chi connectivity index (χ0) is 17.5. The van der Waals surface area contributed by atoms with Gasteiger partial charge < -0.3 is 19.6 Å². The molecule has 1 heterocycles. The Morgan fingerprint density at radius 1 is 1.17 bits per heavy atom. The van der Waals surface area contributed by atoms with E-state index in [1.807, 2.05) is 30.3 Å². The van der Waals surface area contributed by atoms with Crippen LogP contribution in [0.3, 0.4) is 0 Å². The van der Waals surface area contributed by atoms with E-state index in [1.54, 1.807) is 0 Å². The number of rotatable bonds is 7. The lowest BCUT2D eigenvalue weighted by Crippen LogP contribution is -2.07. The topological polar surface area (TPSA) is 106 Å². The summed E-state index contributed by atoms with van der Waals surface area (Å²) in [7, 11) is 1.25. The zero-order valence-electron chi connectivity index (χ0n) is 13.1. The van der Waals surface area contributed by atoms with Gasteiger partial charge in [0.25, 0.3) is 0 Å². The van der Waals surface area contributed by atoms with Crippen LogP contribution in [0.1, 0.15) is 38.5 Å². The van der Waals surface area contributed by atoms with E-state index in [2.05, 4.69) is 9.72 Å². The summed E-state index contributed by atoms with van der Waals surface area (Å²) in [5, 5.41) is 9.19. The Bertz CT molecular complexity index is 735. The number of carbonyl (C=O) groups excluding carboxylic acids is 2. The van der Waals surface area contributed by atoms with Crippen LogP contribution in [0, 0.1) is 0 Å². The van der Waals surface area contributed by atoms with Gasteiger partial charge in [0.2, 0.25) is 0 Å². The van der Waals surface area contributed by atoms with Gasteiger partial charge in [0, 0.05) is 6.42 Å². The van der Waals surface area contributed by atoms with E-state index >= 15 is 0 Å². The average molecular weight is 331 g/mol. The molecule has 1 aromatic carbocycles. The highest BCUT2D eigenvalue weighted by Gasteiger charge is 2.20. The molecule has 0 aliphatic carbocycles. The number of benzene rings is 1. The average Bonchev–Trinajstić information content (AvgIpc) is 3.03. The van der Waals surface area contributed by atoms with Crippen molar-refractivity contribution in [1.82, 2.24) is 4.98 Å². The maximum atomic E-state index is 12.1. The summed E-state index contributed by atoms with van der Waals surface area (Å²) in [6.07, 6.45) is 0.171. The van der Waals surface area contributed by atoms with Crippen LogP contribution in [0.2, 0.25) is 0 Å². The van der Waals surface area contributed by atoms with E-state index in [9.17, 15) is 19.5 Å². The fourth-order valence-corrected chi connectivity index (χ4v) is 2.14. The van der Waals surface area contributed by atoms with Crippen molar-refractivity contribution in [2.24, 2.45) is 0 Å². The minimum Gasteiger partial charge on any atom is -0.477 e. The fourth-order valence-electron chi connectivity index (χ4n) is 2.14. The zero-order valence-corrected chi connectivity index (χ0v) is 13.1. The number of nitrogens with one attached hydrogen (secondary N) is 1. The molecule has 2 rings (SSSR count). The van der Waals surface area contributed by atoms with Crippen LogP contribution >= 0.6 is 0 Å². The largest absolute Gasteiger partial charge is 0.477 e. The Labute approximate surface area is 138 Å². The van der Waals surface area contributed by atoms with Crippen molar-refractivity contribution in [3.05, 3.63) is 58.9 Å². The molecule has 0 aliphatic heterocycles. The highest BCUT2D eigenvalue weighted by atomic mass is 16.5. The second-order valence-corrected chi connectivity index (χ2v) is 5.03. The van der Waals surface area contributed by atoms with E-state index in [0.29, 0.717) is 5.56 Å². The number of hydrogen-bond donors (Lipinski definition) is 2. The molecule has 7 nitrogen and oxygen atoms in total. The molecule has 0 unspecified atom stereocenters.